The van der Waals surface area contributed by atoms with Crippen molar-refractivity contribution in [3.63, 3.8) is 0 Å². The molecule has 3 aromatic carbocycles. The first kappa shape index (κ1) is 24.1. The van der Waals surface area contributed by atoms with E-state index in [0.717, 1.165) is 0 Å². The second-order valence-corrected chi connectivity index (χ2v) is 8.84. The maximum absolute atomic E-state index is 12.7. The van der Waals surface area contributed by atoms with Crippen LogP contribution in [0.25, 0.3) is 6.08 Å². The molecular formula is C23H16Cl2N2O5S. The van der Waals surface area contributed by atoms with Gasteiger partial charge in [0.1, 0.15) is 16.5 Å². The minimum Gasteiger partial charge on any atom is -0.493 e. The summed E-state index contributed by atoms with van der Waals surface area (Å²) >= 11 is 11.8. The van der Waals surface area contributed by atoms with Gasteiger partial charge in [-0.15, -0.1) is 0 Å². The Hall–Kier alpha value is -3.51. The molecule has 10 heteroatoms. The third-order valence-corrected chi connectivity index (χ3v) is 6.27. The zero-order valence-corrected chi connectivity index (χ0v) is 19.4. The molecule has 0 aromatic heterocycles. The summed E-state index contributed by atoms with van der Waals surface area (Å²) in [5.41, 5.74) is 0.162. The van der Waals surface area contributed by atoms with Gasteiger partial charge in [0, 0.05) is 11.3 Å². The lowest BCUT2D eigenvalue weighted by atomic mass is 10.1. The number of hydrogen-bond acceptors (Lipinski definition) is 6. The van der Waals surface area contributed by atoms with Crippen LogP contribution in [0.4, 0.5) is 5.69 Å². The number of hydrogen-bond donors (Lipinski definition) is 1. The van der Waals surface area contributed by atoms with Gasteiger partial charge in [0.15, 0.2) is 11.5 Å². The Morgan fingerprint density at radius 3 is 2.39 bits per heavy atom. The third kappa shape index (κ3) is 5.84. The predicted octanol–water partition coefficient (Wildman–Crippen LogP) is 5.32. The molecule has 0 saturated carbocycles. The molecule has 7 nitrogen and oxygen atoms in total. The number of nitrogens with zero attached hydrogens (tertiary/aromatic N) is 1. The maximum Gasteiger partial charge on any atom is 0.339 e. The van der Waals surface area contributed by atoms with Gasteiger partial charge in [-0.2, -0.15) is 13.7 Å². The van der Waals surface area contributed by atoms with Gasteiger partial charge in [0.2, 0.25) is 0 Å². The Labute approximate surface area is 200 Å². The van der Waals surface area contributed by atoms with Crippen LogP contribution >= 0.6 is 23.2 Å². The lowest BCUT2D eigenvalue weighted by molar-refractivity contribution is -0.112. The van der Waals surface area contributed by atoms with Crippen LogP contribution in [-0.2, 0) is 14.9 Å². The molecule has 0 aliphatic carbocycles. The Morgan fingerprint density at radius 1 is 1.03 bits per heavy atom. The molecule has 0 aliphatic heterocycles. The van der Waals surface area contributed by atoms with E-state index < -0.39 is 16.0 Å². The summed E-state index contributed by atoms with van der Waals surface area (Å²) in [6, 6.07) is 18.3. The van der Waals surface area contributed by atoms with Crippen LogP contribution in [0.5, 0.6) is 11.5 Å². The fourth-order valence-corrected chi connectivity index (χ4v) is 4.00. The molecule has 3 aromatic rings. The largest absolute Gasteiger partial charge is 0.493 e. The average Bonchev–Trinajstić information content (AvgIpc) is 2.81. The summed E-state index contributed by atoms with van der Waals surface area (Å²) in [7, 11) is -2.87. The van der Waals surface area contributed by atoms with Crippen molar-refractivity contribution in [1.82, 2.24) is 0 Å². The topological polar surface area (TPSA) is 105 Å². The van der Waals surface area contributed by atoms with Gasteiger partial charge in [-0.3, -0.25) is 4.79 Å². The second kappa shape index (κ2) is 10.4. The second-order valence-electron chi connectivity index (χ2n) is 6.48. The molecule has 33 heavy (non-hydrogen) atoms. The maximum atomic E-state index is 12.7. The first-order valence-electron chi connectivity index (χ1n) is 9.30. The number of rotatable bonds is 7. The van der Waals surface area contributed by atoms with E-state index >= 15 is 0 Å². The Balaban J connectivity index is 1.98. The Morgan fingerprint density at radius 2 is 1.76 bits per heavy atom. The van der Waals surface area contributed by atoms with Crippen LogP contribution in [-0.4, -0.2) is 21.4 Å². The van der Waals surface area contributed by atoms with Crippen molar-refractivity contribution in [2.45, 2.75) is 4.90 Å². The zero-order chi connectivity index (χ0) is 24.0. The fraction of sp³-hybridized carbons (Fsp3) is 0.0435. The highest BCUT2D eigenvalue weighted by atomic mass is 35.5. The highest BCUT2D eigenvalue weighted by Crippen LogP contribution is 2.35. The summed E-state index contributed by atoms with van der Waals surface area (Å²) in [5.74, 6) is -0.806. The van der Waals surface area contributed by atoms with Crippen LogP contribution in [0.3, 0.4) is 0 Å². The van der Waals surface area contributed by atoms with E-state index in [1.54, 1.807) is 30.3 Å². The quantitative estimate of drug-likeness (QED) is 0.266. The molecule has 0 radical (unpaired) electrons. The van der Waals surface area contributed by atoms with E-state index in [-0.39, 0.29) is 32.6 Å². The lowest BCUT2D eigenvalue weighted by Gasteiger charge is -2.13. The number of nitriles is 1. The van der Waals surface area contributed by atoms with Crippen molar-refractivity contribution in [1.29, 1.82) is 5.26 Å². The van der Waals surface area contributed by atoms with Crippen molar-refractivity contribution in [2.75, 3.05) is 12.4 Å². The molecule has 0 bridgehead atoms. The average molecular weight is 503 g/mol. The minimum atomic E-state index is -4.21. The monoisotopic (exact) mass is 502 g/mol. The molecule has 168 valence electrons. The van der Waals surface area contributed by atoms with Crippen molar-refractivity contribution in [3.8, 4) is 17.6 Å². The number of ether oxygens (including phenoxy) is 1. The van der Waals surface area contributed by atoms with Gasteiger partial charge in [0.25, 0.3) is 5.91 Å². The Bertz CT molecular complexity index is 1370. The molecule has 1 N–H and O–H groups in total. The molecule has 0 saturated heterocycles. The number of benzene rings is 3. The highest BCUT2D eigenvalue weighted by molar-refractivity contribution is 7.87. The first-order valence-corrected chi connectivity index (χ1v) is 11.5. The van der Waals surface area contributed by atoms with Crippen molar-refractivity contribution >= 4 is 51.0 Å². The van der Waals surface area contributed by atoms with E-state index in [0.29, 0.717) is 10.7 Å². The van der Waals surface area contributed by atoms with Gasteiger partial charge in [-0.05, 0) is 42.5 Å². The van der Waals surface area contributed by atoms with E-state index in [4.69, 9.17) is 32.1 Å². The van der Waals surface area contributed by atoms with Gasteiger partial charge in [0.05, 0.1) is 17.2 Å². The van der Waals surface area contributed by atoms with Gasteiger partial charge in [-0.25, -0.2) is 0 Å². The zero-order valence-electron chi connectivity index (χ0n) is 17.1. The first-order chi connectivity index (χ1) is 15.7. The van der Waals surface area contributed by atoms with Crippen LogP contribution in [0, 0.1) is 11.3 Å². The number of carbonyl (C=O) groups is 1. The number of nitrogens with one attached hydrogen (secondary N) is 1. The Kier molecular flexibility index (Phi) is 7.61. The molecule has 0 heterocycles. The lowest BCUT2D eigenvalue weighted by Crippen LogP contribution is -2.14. The van der Waals surface area contributed by atoms with Crippen molar-refractivity contribution in [2.24, 2.45) is 0 Å². The summed E-state index contributed by atoms with van der Waals surface area (Å²) in [6.45, 7) is 0. The van der Waals surface area contributed by atoms with Crippen LogP contribution in [0.15, 0.2) is 77.2 Å². The van der Waals surface area contributed by atoms with E-state index in [1.807, 2.05) is 0 Å². The van der Waals surface area contributed by atoms with Gasteiger partial charge >= 0.3 is 10.1 Å². The minimum absolute atomic E-state index is 0.0660. The number of carbonyl (C=O) groups excluding carboxylic acids is 1. The highest BCUT2D eigenvalue weighted by Gasteiger charge is 2.22. The number of anilines is 1. The normalized spacial score (nSPS) is 11.4. The summed E-state index contributed by atoms with van der Waals surface area (Å²) in [4.78, 5) is 12.6. The van der Waals surface area contributed by atoms with E-state index in [9.17, 15) is 18.5 Å². The molecule has 1 amide bonds. The third-order valence-electron chi connectivity index (χ3n) is 4.30. The molecular weight excluding hydrogens is 487 g/mol. The summed E-state index contributed by atoms with van der Waals surface area (Å²) < 4.78 is 36.1. The van der Waals surface area contributed by atoms with Crippen molar-refractivity contribution in [3.05, 3.63) is 87.9 Å². The van der Waals surface area contributed by atoms with Crippen molar-refractivity contribution < 1.29 is 22.1 Å². The van der Waals surface area contributed by atoms with Crippen LogP contribution < -0.4 is 14.2 Å². The van der Waals surface area contributed by atoms with Gasteiger partial charge in [-0.1, -0.05) is 53.5 Å². The molecule has 0 unspecified atom stereocenters. The van der Waals surface area contributed by atoms with Crippen LogP contribution in [0.2, 0.25) is 10.0 Å². The van der Waals surface area contributed by atoms with Gasteiger partial charge < -0.3 is 14.2 Å². The summed E-state index contributed by atoms with van der Waals surface area (Å²) in [5, 5.41) is 12.6. The van der Waals surface area contributed by atoms with E-state index in [2.05, 4.69) is 5.32 Å². The molecule has 3 rings (SSSR count). The number of halogens is 2. The molecule has 0 fully saturated rings. The number of methoxy groups -OCH3 is 1. The van der Waals surface area contributed by atoms with E-state index in [1.165, 1.54) is 55.7 Å². The molecule has 0 atom stereocenters. The smallest absolute Gasteiger partial charge is 0.339 e. The standard InChI is InChI=1S/C23H16Cl2N2O5S/c1-31-21-9-5-6-15(22(21)32-33(29,30)18-7-3-2-4-8-18)12-16(14-26)23(28)27-17-10-11-19(24)20(25)13-17/h2-13H,1H3,(H,27,28)/b16-12+. The molecule has 0 aliphatic rings. The number of amides is 1. The number of para-hydroxylation sites is 1. The fourth-order valence-electron chi connectivity index (χ4n) is 2.72. The SMILES string of the molecule is COc1cccc(/C=C(\C#N)C(=O)Nc2ccc(Cl)c(Cl)c2)c1OS(=O)(=O)c1ccccc1. The van der Waals surface area contributed by atoms with Crippen LogP contribution in [0.1, 0.15) is 5.56 Å². The molecule has 0 spiro atoms. The predicted molar refractivity (Wildman–Crippen MR) is 126 cm³/mol. The summed E-state index contributed by atoms with van der Waals surface area (Å²) in [6.07, 6.45) is 1.20.